The van der Waals surface area contributed by atoms with E-state index >= 15 is 0 Å². The van der Waals surface area contributed by atoms with E-state index in [1.807, 2.05) is 13.8 Å². The lowest BCUT2D eigenvalue weighted by Crippen LogP contribution is -2.13. The summed E-state index contributed by atoms with van der Waals surface area (Å²) in [7, 11) is 0. The molecule has 96 valence electrons. The van der Waals surface area contributed by atoms with Crippen LogP contribution in [0.2, 0.25) is 10.0 Å². The molecule has 0 saturated carbocycles. The van der Waals surface area contributed by atoms with E-state index in [1.54, 1.807) is 16.8 Å². The Morgan fingerprint density at radius 3 is 2.50 bits per heavy atom. The molecule has 4 nitrogen and oxygen atoms in total. The Hall–Kier alpha value is -1.10. The highest BCUT2D eigenvalue weighted by Crippen LogP contribution is 2.29. The summed E-state index contributed by atoms with van der Waals surface area (Å²) in [6.07, 6.45) is 2.10. The highest BCUT2D eigenvalue weighted by molar-refractivity contribution is 6.31. The van der Waals surface area contributed by atoms with Crippen LogP contribution in [-0.2, 0) is 0 Å². The maximum Gasteiger partial charge on any atom is 0.139 e. The first-order valence-corrected chi connectivity index (χ1v) is 6.28. The van der Waals surface area contributed by atoms with Crippen LogP contribution < -0.4 is 0 Å². The molecule has 0 aliphatic carbocycles. The number of hydrogen-bond acceptors (Lipinski definition) is 3. The SMILES string of the molecule is CC(C)n1ncc(Cl)c1C(O)c1ccc(Cl)cn1. The average Bonchev–Trinajstić information content (AvgIpc) is 2.71. The highest BCUT2D eigenvalue weighted by atomic mass is 35.5. The molecule has 0 amide bonds. The normalized spacial score (nSPS) is 13.0. The summed E-state index contributed by atoms with van der Waals surface area (Å²) < 4.78 is 1.68. The number of hydrogen-bond donors (Lipinski definition) is 1. The van der Waals surface area contributed by atoms with Crippen LogP contribution in [-0.4, -0.2) is 19.9 Å². The Bertz CT molecular complexity index is 537. The third kappa shape index (κ3) is 2.51. The highest BCUT2D eigenvalue weighted by Gasteiger charge is 2.22. The Morgan fingerprint density at radius 1 is 1.22 bits per heavy atom. The smallest absolute Gasteiger partial charge is 0.139 e. The number of halogens is 2. The third-order valence-electron chi connectivity index (χ3n) is 2.57. The minimum absolute atomic E-state index is 0.106. The lowest BCUT2D eigenvalue weighted by molar-refractivity contribution is 0.200. The van der Waals surface area contributed by atoms with E-state index in [-0.39, 0.29) is 6.04 Å². The molecule has 0 aliphatic rings. The summed E-state index contributed by atoms with van der Waals surface area (Å²) in [5, 5.41) is 15.4. The van der Waals surface area contributed by atoms with Crippen LogP contribution in [0, 0.1) is 0 Å². The number of aliphatic hydroxyl groups is 1. The molecule has 0 aliphatic heterocycles. The fourth-order valence-corrected chi connectivity index (χ4v) is 2.05. The molecule has 0 radical (unpaired) electrons. The number of nitrogens with zero attached hydrogens (tertiary/aromatic N) is 3. The van der Waals surface area contributed by atoms with Gasteiger partial charge >= 0.3 is 0 Å². The van der Waals surface area contributed by atoms with Gasteiger partial charge in [-0.1, -0.05) is 23.2 Å². The predicted octanol–water partition coefficient (Wildman–Crippen LogP) is 3.25. The van der Waals surface area contributed by atoms with Gasteiger partial charge in [0.15, 0.2) is 0 Å². The first-order valence-electron chi connectivity index (χ1n) is 5.53. The van der Waals surface area contributed by atoms with E-state index in [1.165, 1.54) is 12.4 Å². The zero-order valence-corrected chi connectivity index (χ0v) is 11.5. The predicted molar refractivity (Wildman–Crippen MR) is 70.9 cm³/mol. The summed E-state index contributed by atoms with van der Waals surface area (Å²) in [5.74, 6) is 0. The Kier molecular flexibility index (Phi) is 3.90. The monoisotopic (exact) mass is 285 g/mol. The van der Waals surface area contributed by atoms with Crippen molar-refractivity contribution in [1.82, 2.24) is 14.8 Å². The number of aliphatic hydroxyl groups excluding tert-OH is 1. The van der Waals surface area contributed by atoms with E-state index in [4.69, 9.17) is 23.2 Å². The van der Waals surface area contributed by atoms with Crippen LogP contribution in [0.3, 0.4) is 0 Å². The molecule has 0 saturated heterocycles. The van der Waals surface area contributed by atoms with E-state index in [9.17, 15) is 5.11 Å². The van der Waals surface area contributed by atoms with Crippen molar-refractivity contribution >= 4 is 23.2 Å². The Morgan fingerprint density at radius 2 is 1.94 bits per heavy atom. The molecule has 18 heavy (non-hydrogen) atoms. The van der Waals surface area contributed by atoms with Crippen LogP contribution in [0.15, 0.2) is 24.5 Å². The molecule has 2 aromatic rings. The second-order valence-electron chi connectivity index (χ2n) is 4.22. The van der Waals surface area contributed by atoms with Gasteiger partial charge in [0.1, 0.15) is 6.10 Å². The zero-order chi connectivity index (χ0) is 13.3. The standard InChI is InChI=1S/C12H13Cl2N3O/c1-7(2)17-11(9(14)6-16-17)12(18)10-4-3-8(13)5-15-10/h3-7,12,18H,1-2H3. The van der Waals surface area contributed by atoms with E-state index in [2.05, 4.69) is 10.1 Å². The fraction of sp³-hybridized carbons (Fsp3) is 0.333. The molecule has 0 spiro atoms. The Balaban J connectivity index is 2.42. The first kappa shape index (κ1) is 13.3. The lowest BCUT2D eigenvalue weighted by atomic mass is 10.1. The maximum atomic E-state index is 10.3. The first-order chi connectivity index (χ1) is 8.50. The molecule has 0 aromatic carbocycles. The maximum absolute atomic E-state index is 10.3. The number of aromatic nitrogens is 3. The van der Waals surface area contributed by atoms with Crippen molar-refractivity contribution in [3.05, 3.63) is 46.0 Å². The fourth-order valence-electron chi connectivity index (χ4n) is 1.71. The van der Waals surface area contributed by atoms with Crippen molar-refractivity contribution in [3.63, 3.8) is 0 Å². The largest absolute Gasteiger partial charge is 0.380 e. The zero-order valence-electron chi connectivity index (χ0n) is 10.0. The van der Waals surface area contributed by atoms with Crippen molar-refractivity contribution in [2.75, 3.05) is 0 Å². The minimum atomic E-state index is -0.917. The van der Waals surface area contributed by atoms with Gasteiger partial charge in [-0.05, 0) is 26.0 Å². The van der Waals surface area contributed by atoms with E-state index in [0.29, 0.717) is 21.4 Å². The van der Waals surface area contributed by atoms with Crippen molar-refractivity contribution < 1.29 is 5.11 Å². The van der Waals surface area contributed by atoms with Crippen LogP contribution in [0.5, 0.6) is 0 Å². The summed E-state index contributed by atoms with van der Waals surface area (Å²) in [4.78, 5) is 4.09. The number of rotatable bonds is 3. The van der Waals surface area contributed by atoms with Gasteiger partial charge in [0.2, 0.25) is 0 Å². The molecule has 2 rings (SSSR count). The molecule has 2 aromatic heterocycles. The summed E-state index contributed by atoms with van der Waals surface area (Å²) in [5.41, 5.74) is 1.03. The quantitative estimate of drug-likeness (QED) is 0.942. The van der Waals surface area contributed by atoms with Gasteiger partial charge < -0.3 is 5.11 Å². The Labute approximate surface area is 115 Å². The molecular formula is C12H13Cl2N3O. The van der Waals surface area contributed by atoms with Gasteiger partial charge in [-0.3, -0.25) is 9.67 Å². The van der Waals surface area contributed by atoms with E-state index < -0.39 is 6.10 Å². The van der Waals surface area contributed by atoms with Crippen molar-refractivity contribution in [3.8, 4) is 0 Å². The molecule has 0 fully saturated rings. The summed E-state index contributed by atoms with van der Waals surface area (Å²) in [6.45, 7) is 3.93. The van der Waals surface area contributed by atoms with Crippen LogP contribution >= 0.6 is 23.2 Å². The van der Waals surface area contributed by atoms with Crippen LogP contribution in [0.1, 0.15) is 37.4 Å². The molecule has 1 atom stereocenters. The average molecular weight is 286 g/mol. The van der Waals surface area contributed by atoms with Gasteiger partial charge in [-0.15, -0.1) is 0 Å². The molecule has 6 heteroatoms. The van der Waals surface area contributed by atoms with Crippen LogP contribution in [0.25, 0.3) is 0 Å². The third-order valence-corrected chi connectivity index (χ3v) is 3.08. The summed E-state index contributed by atoms with van der Waals surface area (Å²) >= 11 is 11.8. The topological polar surface area (TPSA) is 50.9 Å². The van der Waals surface area contributed by atoms with Crippen molar-refractivity contribution in [2.24, 2.45) is 0 Å². The van der Waals surface area contributed by atoms with Crippen molar-refractivity contribution in [2.45, 2.75) is 26.0 Å². The van der Waals surface area contributed by atoms with Gasteiger partial charge in [0.25, 0.3) is 0 Å². The second-order valence-corrected chi connectivity index (χ2v) is 5.06. The van der Waals surface area contributed by atoms with Gasteiger partial charge in [-0.2, -0.15) is 5.10 Å². The van der Waals surface area contributed by atoms with Crippen LogP contribution in [0.4, 0.5) is 0 Å². The minimum Gasteiger partial charge on any atom is -0.380 e. The molecule has 1 N–H and O–H groups in total. The second kappa shape index (κ2) is 5.26. The van der Waals surface area contributed by atoms with Gasteiger partial charge in [-0.25, -0.2) is 0 Å². The molecule has 1 unspecified atom stereocenters. The molecule has 2 heterocycles. The van der Waals surface area contributed by atoms with Crippen molar-refractivity contribution in [1.29, 1.82) is 0 Å². The van der Waals surface area contributed by atoms with Gasteiger partial charge in [0, 0.05) is 12.2 Å². The molecular weight excluding hydrogens is 273 g/mol. The number of pyridine rings is 1. The van der Waals surface area contributed by atoms with E-state index in [0.717, 1.165) is 0 Å². The summed E-state index contributed by atoms with van der Waals surface area (Å²) in [6, 6.07) is 3.45. The van der Waals surface area contributed by atoms with Gasteiger partial charge in [0.05, 0.1) is 27.6 Å². The molecule has 0 bridgehead atoms. The lowest BCUT2D eigenvalue weighted by Gasteiger charge is -2.16.